The van der Waals surface area contributed by atoms with Crippen molar-refractivity contribution in [2.24, 2.45) is 0 Å². The summed E-state index contributed by atoms with van der Waals surface area (Å²) < 4.78 is 0. The lowest BCUT2D eigenvalue weighted by molar-refractivity contribution is 0.199. The van der Waals surface area contributed by atoms with E-state index in [1.165, 1.54) is 0 Å². The molecule has 0 aliphatic carbocycles. The van der Waals surface area contributed by atoms with Crippen LogP contribution in [0.15, 0.2) is 0 Å². The molecule has 0 amide bonds. The zero-order chi connectivity index (χ0) is 9.02. The molecule has 0 bridgehead atoms. The quantitative estimate of drug-likeness (QED) is 0.449. The molecule has 0 radical (unpaired) electrons. The van der Waals surface area contributed by atoms with Crippen molar-refractivity contribution in [2.45, 2.75) is 25.2 Å². The molecule has 0 heterocycles. The molecule has 2 nitrogen and oxygen atoms in total. The second-order valence-corrected chi connectivity index (χ2v) is 6.87. The topological polar surface area (TPSA) is 6.48 Å². The van der Waals surface area contributed by atoms with Crippen molar-refractivity contribution in [3.8, 4) is 0 Å². The summed E-state index contributed by atoms with van der Waals surface area (Å²) in [5.74, 6) is 0.718. The minimum Gasteiger partial charge on any atom is -0.297 e. The minimum absolute atomic E-state index is 0.0170. The summed E-state index contributed by atoms with van der Waals surface area (Å²) in [5, 5.41) is 0. The fourth-order valence-electron chi connectivity index (χ4n) is 1.31. The second kappa shape index (κ2) is 4.90. The number of hydrogen-bond acceptors (Lipinski definition) is 2. The fraction of sp³-hybridized carbons (Fsp3) is 1.00. The normalized spacial score (nSPS) is 13.6. The van der Waals surface area contributed by atoms with Crippen molar-refractivity contribution in [1.82, 2.24) is 9.80 Å². The SMILES string of the molecule is CC(C)[SiH2]C(N(C)C)N(C)C. The number of rotatable bonds is 4. The Labute approximate surface area is 73.4 Å². The van der Waals surface area contributed by atoms with Gasteiger partial charge in [-0.25, -0.2) is 0 Å². The maximum atomic E-state index is 2.33. The molecule has 0 N–H and O–H groups in total. The Balaban J connectivity index is 3.90. The minimum atomic E-state index is 0.0170. The van der Waals surface area contributed by atoms with Crippen LogP contribution in [-0.2, 0) is 0 Å². The van der Waals surface area contributed by atoms with Gasteiger partial charge in [-0.2, -0.15) is 0 Å². The Kier molecular flexibility index (Phi) is 4.96. The molecule has 0 atom stereocenters. The summed E-state index contributed by atoms with van der Waals surface area (Å²) in [4.78, 5) is 4.65. The first-order chi connectivity index (χ1) is 4.95. The highest BCUT2D eigenvalue weighted by atomic mass is 28.2. The van der Waals surface area contributed by atoms with Gasteiger partial charge in [0.2, 0.25) is 0 Å². The lowest BCUT2D eigenvalue weighted by atomic mass is 10.6. The predicted octanol–water partition coefficient (Wildman–Crippen LogP) is 0.390. The van der Waals surface area contributed by atoms with Crippen LogP contribution in [0.5, 0.6) is 0 Å². The molecule has 0 aromatic heterocycles. The van der Waals surface area contributed by atoms with E-state index in [0.29, 0.717) is 0 Å². The first-order valence-corrected chi connectivity index (χ1v) is 5.91. The van der Waals surface area contributed by atoms with Gasteiger partial charge in [-0.1, -0.05) is 19.4 Å². The molecule has 3 heteroatoms. The van der Waals surface area contributed by atoms with Crippen LogP contribution in [0.3, 0.4) is 0 Å². The largest absolute Gasteiger partial charge is 0.297 e. The van der Waals surface area contributed by atoms with Crippen molar-refractivity contribution in [1.29, 1.82) is 0 Å². The van der Waals surface area contributed by atoms with Crippen LogP contribution in [0.25, 0.3) is 0 Å². The van der Waals surface area contributed by atoms with Gasteiger partial charge in [-0.05, 0) is 28.2 Å². The van der Waals surface area contributed by atoms with Crippen molar-refractivity contribution in [3.63, 3.8) is 0 Å². The Morgan fingerprint density at radius 1 is 0.909 bits per heavy atom. The molecule has 0 aliphatic heterocycles. The molecule has 0 aromatic carbocycles. The van der Waals surface area contributed by atoms with Gasteiger partial charge < -0.3 is 0 Å². The average Bonchev–Trinajstić information content (AvgIpc) is 1.81. The van der Waals surface area contributed by atoms with Crippen LogP contribution < -0.4 is 0 Å². The lowest BCUT2D eigenvalue weighted by Crippen LogP contribution is -2.45. The number of hydrogen-bond donors (Lipinski definition) is 0. The zero-order valence-corrected chi connectivity index (χ0v) is 10.2. The van der Waals surface area contributed by atoms with Gasteiger partial charge in [0.05, 0.1) is 9.52 Å². The molecule has 0 rings (SSSR count). The van der Waals surface area contributed by atoms with Gasteiger partial charge in [0.25, 0.3) is 0 Å². The van der Waals surface area contributed by atoms with E-state index in [4.69, 9.17) is 0 Å². The molecule has 68 valence electrons. The monoisotopic (exact) mass is 174 g/mol. The summed E-state index contributed by atoms with van der Waals surface area (Å²) >= 11 is 0. The highest BCUT2D eigenvalue weighted by Gasteiger charge is 2.15. The van der Waals surface area contributed by atoms with E-state index in [2.05, 4.69) is 51.8 Å². The Morgan fingerprint density at radius 3 is 1.36 bits per heavy atom. The maximum Gasteiger partial charge on any atom is 0.0617 e. The fourth-order valence-corrected chi connectivity index (χ4v) is 2.99. The van der Waals surface area contributed by atoms with Crippen LogP contribution >= 0.6 is 0 Å². The first-order valence-electron chi connectivity index (χ1n) is 4.28. The van der Waals surface area contributed by atoms with E-state index >= 15 is 0 Å². The molecule has 0 aliphatic rings. The van der Waals surface area contributed by atoms with E-state index in [0.717, 1.165) is 11.3 Å². The molecule has 0 unspecified atom stereocenters. The third-order valence-electron chi connectivity index (χ3n) is 1.87. The van der Waals surface area contributed by atoms with Crippen LogP contribution in [0.1, 0.15) is 13.8 Å². The van der Waals surface area contributed by atoms with Crippen molar-refractivity contribution in [3.05, 3.63) is 0 Å². The molecule has 0 saturated carbocycles. The molecular weight excluding hydrogens is 152 g/mol. The zero-order valence-electron chi connectivity index (χ0n) is 8.76. The third-order valence-corrected chi connectivity index (χ3v) is 4.70. The first kappa shape index (κ1) is 11.1. The molecule has 0 spiro atoms. The highest BCUT2D eigenvalue weighted by Crippen LogP contribution is 2.05. The van der Waals surface area contributed by atoms with Gasteiger partial charge in [-0.15, -0.1) is 0 Å². The van der Waals surface area contributed by atoms with Crippen LogP contribution in [-0.4, -0.2) is 53.3 Å². The predicted molar refractivity (Wildman–Crippen MR) is 54.8 cm³/mol. The van der Waals surface area contributed by atoms with Crippen molar-refractivity contribution >= 4 is 9.52 Å². The standard InChI is InChI=1S/C8H22N2Si/c1-7(2)11-8(9(3)4)10(5)6/h7-8H,11H2,1-6H3. The molecular formula is C8H22N2Si. The van der Waals surface area contributed by atoms with Gasteiger partial charge in [-0.3, -0.25) is 9.80 Å². The summed E-state index contributed by atoms with van der Waals surface area (Å²) in [5.41, 5.74) is 0.907. The van der Waals surface area contributed by atoms with E-state index in [1.54, 1.807) is 0 Å². The molecule has 0 aromatic rings. The van der Waals surface area contributed by atoms with Crippen molar-refractivity contribution in [2.75, 3.05) is 28.2 Å². The second-order valence-electron chi connectivity index (χ2n) is 4.04. The molecule has 0 saturated heterocycles. The van der Waals surface area contributed by atoms with E-state index in [1.807, 2.05) is 0 Å². The van der Waals surface area contributed by atoms with Crippen LogP contribution in [0, 0.1) is 0 Å². The molecule has 11 heavy (non-hydrogen) atoms. The lowest BCUT2D eigenvalue weighted by Gasteiger charge is -2.31. The van der Waals surface area contributed by atoms with Crippen LogP contribution in [0.2, 0.25) is 5.54 Å². The maximum absolute atomic E-state index is 2.33. The van der Waals surface area contributed by atoms with E-state index < -0.39 is 0 Å². The summed E-state index contributed by atoms with van der Waals surface area (Å²) in [6, 6.07) is 0. The van der Waals surface area contributed by atoms with Gasteiger partial charge in [0, 0.05) is 5.79 Å². The Hall–Kier alpha value is 0.137. The molecule has 0 fully saturated rings. The van der Waals surface area contributed by atoms with Gasteiger partial charge in [0.15, 0.2) is 0 Å². The summed E-state index contributed by atoms with van der Waals surface area (Å²) in [6.45, 7) is 4.65. The van der Waals surface area contributed by atoms with E-state index in [9.17, 15) is 0 Å². The average molecular weight is 174 g/mol. The highest BCUT2D eigenvalue weighted by molar-refractivity contribution is 6.39. The Bertz CT molecular complexity index is 94.3. The van der Waals surface area contributed by atoms with Crippen LogP contribution in [0.4, 0.5) is 0 Å². The van der Waals surface area contributed by atoms with Gasteiger partial charge in [0.1, 0.15) is 0 Å². The summed E-state index contributed by atoms with van der Waals surface area (Å²) in [6.07, 6.45) is 0. The number of nitrogens with zero attached hydrogens (tertiary/aromatic N) is 2. The smallest absolute Gasteiger partial charge is 0.0617 e. The Morgan fingerprint density at radius 2 is 1.27 bits per heavy atom. The van der Waals surface area contributed by atoms with Crippen molar-refractivity contribution < 1.29 is 0 Å². The van der Waals surface area contributed by atoms with E-state index in [-0.39, 0.29) is 9.52 Å². The van der Waals surface area contributed by atoms with Gasteiger partial charge >= 0.3 is 0 Å². The third kappa shape index (κ3) is 4.56. The summed E-state index contributed by atoms with van der Waals surface area (Å²) in [7, 11) is 8.68.